The fourth-order valence-corrected chi connectivity index (χ4v) is 3.99. The first kappa shape index (κ1) is 20.9. The van der Waals surface area contributed by atoms with Crippen molar-refractivity contribution in [1.29, 1.82) is 0 Å². The van der Waals surface area contributed by atoms with E-state index in [1.165, 1.54) is 12.1 Å². The lowest BCUT2D eigenvalue weighted by Gasteiger charge is -2.27. The number of aryl methyl sites for hydroxylation is 1. The summed E-state index contributed by atoms with van der Waals surface area (Å²) in [5.74, 6) is -1.55. The molecule has 3 aromatic rings. The minimum atomic E-state index is -0.883. The molecule has 6 nitrogen and oxygen atoms in total. The second-order valence-electron chi connectivity index (χ2n) is 7.03. The number of urea groups is 1. The monoisotopic (exact) mass is 453 g/mol. The molecule has 4 rings (SSSR count). The van der Waals surface area contributed by atoms with E-state index in [1.54, 1.807) is 12.1 Å². The zero-order chi connectivity index (χ0) is 22.3. The highest BCUT2D eigenvalue weighted by Gasteiger charge is 2.38. The van der Waals surface area contributed by atoms with Gasteiger partial charge in [0, 0.05) is 17.1 Å². The molecule has 2 aromatic carbocycles. The van der Waals surface area contributed by atoms with Crippen LogP contribution in [-0.2, 0) is 9.59 Å². The number of halogens is 2. The Labute approximate surface area is 188 Å². The summed E-state index contributed by atoms with van der Waals surface area (Å²) in [6, 6.07) is 15.3. The molecular weight excluding hydrogens is 437 g/mol. The van der Waals surface area contributed by atoms with Crippen LogP contribution in [0.4, 0.5) is 10.5 Å². The normalized spacial score (nSPS) is 15.5. The summed E-state index contributed by atoms with van der Waals surface area (Å²) in [5.41, 5.74) is 3.36. The van der Waals surface area contributed by atoms with Gasteiger partial charge >= 0.3 is 6.03 Å². The lowest BCUT2D eigenvalue weighted by Crippen LogP contribution is -2.54. The summed E-state index contributed by atoms with van der Waals surface area (Å²) < 4.78 is 2.02. The second kappa shape index (κ2) is 8.06. The Morgan fingerprint density at radius 2 is 1.65 bits per heavy atom. The van der Waals surface area contributed by atoms with Crippen molar-refractivity contribution in [3.8, 4) is 5.69 Å². The van der Waals surface area contributed by atoms with Crippen molar-refractivity contribution in [2.75, 3.05) is 4.90 Å². The van der Waals surface area contributed by atoms with Gasteiger partial charge in [0.25, 0.3) is 11.8 Å². The fraction of sp³-hybridized carbons (Fsp3) is 0.0870. The predicted octanol–water partition coefficient (Wildman–Crippen LogP) is 5.07. The molecule has 1 saturated heterocycles. The maximum Gasteiger partial charge on any atom is 0.336 e. The highest BCUT2D eigenvalue weighted by molar-refractivity contribution is 6.46. The molecule has 0 unspecified atom stereocenters. The van der Waals surface area contributed by atoms with Gasteiger partial charge in [-0.05, 0) is 55.8 Å². The van der Waals surface area contributed by atoms with Crippen molar-refractivity contribution in [1.82, 2.24) is 9.88 Å². The summed E-state index contributed by atoms with van der Waals surface area (Å²) >= 11 is 12.2. The smallest absolute Gasteiger partial charge is 0.318 e. The van der Waals surface area contributed by atoms with Gasteiger partial charge in [0.2, 0.25) is 0 Å². The number of carbonyl (C=O) groups is 3. The van der Waals surface area contributed by atoms with E-state index in [9.17, 15) is 14.4 Å². The third-order valence-corrected chi connectivity index (χ3v) is 5.87. The third-order valence-electron chi connectivity index (χ3n) is 5.06. The van der Waals surface area contributed by atoms with Crippen LogP contribution in [0.25, 0.3) is 11.8 Å². The molecule has 156 valence electrons. The summed E-state index contributed by atoms with van der Waals surface area (Å²) in [6.07, 6.45) is 1.48. The van der Waals surface area contributed by atoms with Crippen molar-refractivity contribution >= 4 is 52.8 Å². The first-order valence-corrected chi connectivity index (χ1v) is 10.1. The van der Waals surface area contributed by atoms with E-state index in [0.717, 1.165) is 22.0 Å². The molecule has 0 saturated carbocycles. The number of hydrogen-bond acceptors (Lipinski definition) is 3. The van der Waals surface area contributed by atoms with Gasteiger partial charge in [-0.25, -0.2) is 9.69 Å². The van der Waals surface area contributed by atoms with Crippen molar-refractivity contribution < 1.29 is 14.4 Å². The van der Waals surface area contributed by atoms with Crippen LogP contribution in [0.5, 0.6) is 0 Å². The van der Waals surface area contributed by atoms with Crippen LogP contribution in [-0.4, -0.2) is 22.4 Å². The number of carbonyl (C=O) groups excluding carboxylic acids is 3. The minimum absolute atomic E-state index is 0.0450. The molecule has 0 atom stereocenters. The Kier molecular flexibility index (Phi) is 5.43. The fourth-order valence-electron chi connectivity index (χ4n) is 3.60. The number of imide groups is 2. The Bertz CT molecular complexity index is 1260. The number of amides is 4. The molecule has 31 heavy (non-hydrogen) atoms. The van der Waals surface area contributed by atoms with E-state index >= 15 is 0 Å². The van der Waals surface area contributed by atoms with E-state index in [0.29, 0.717) is 5.56 Å². The van der Waals surface area contributed by atoms with Crippen molar-refractivity contribution in [2.45, 2.75) is 13.8 Å². The third kappa shape index (κ3) is 3.65. The number of nitrogens with zero attached hydrogens (tertiary/aromatic N) is 2. The summed E-state index contributed by atoms with van der Waals surface area (Å²) in [4.78, 5) is 38.9. The van der Waals surface area contributed by atoms with Gasteiger partial charge in [-0.2, -0.15) is 0 Å². The van der Waals surface area contributed by atoms with E-state index in [4.69, 9.17) is 23.2 Å². The highest BCUT2D eigenvalue weighted by Crippen LogP contribution is 2.34. The molecule has 0 bridgehead atoms. The van der Waals surface area contributed by atoms with Crippen LogP contribution < -0.4 is 10.2 Å². The molecule has 4 amide bonds. The van der Waals surface area contributed by atoms with Crippen LogP contribution >= 0.6 is 23.2 Å². The molecule has 0 aliphatic carbocycles. The quantitative estimate of drug-likeness (QED) is 0.444. The van der Waals surface area contributed by atoms with Crippen molar-refractivity contribution in [3.05, 3.63) is 87.2 Å². The van der Waals surface area contributed by atoms with Gasteiger partial charge in [-0.3, -0.25) is 14.9 Å². The van der Waals surface area contributed by atoms with Gasteiger partial charge < -0.3 is 4.57 Å². The van der Waals surface area contributed by atoms with Gasteiger partial charge in [0.1, 0.15) is 5.57 Å². The van der Waals surface area contributed by atoms with Gasteiger partial charge in [-0.1, -0.05) is 47.5 Å². The maximum atomic E-state index is 13.2. The molecule has 0 radical (unpaired) electrons. The molecular formula is C23H17Cl2N3O3. The zero-order valence-corrected chi connectivity index (χ0v) is 18.2. The number of anilines is 1. The second-order valence-corrected chi connectivity index (χ2v) is 7.81. The van der Waals surface area contributed by atoms with Crippen molar-refractivity contribution in [3.63, 3.8) is 0 Å². The van der Waals surface area contributed by atoms with E-state index in [-0.39, 0.29) is 21.3 Å². The SMILES string of the molecule is Cc1cc(/C=C2\C(=O)NC(=O)N(c3cccc(Cl)c3Cl)C2=O)c(C)n1-c1ccccc1. The number of hydrogen-bond donors (Lipinski definition) is 1. The van der Waals surface area contributed by atoms with E-state index in [1.807, 2.05) is 54.8 Å². The topological polar surface area (TPSA) is 71.4 Å². The summed E-state index contributed by atoms with van der Waals surface area (Å²) in [6.45, 7) is 3.83. The number of nitrogens with one attached hydrogen (secondary N) is 1. The first-order valence-electron chi connectivity index (χ1n) is 9.39. The number of rotatable bonds is 3. The van der Waals surface area contributed by atoms with E-state index < -0.39 is 17.8 Å². The molecule has 1 fully saturated rings. The molecule has 1 aromatic heterocycles. The Morgan fingerprint density at radius 3 is 2.35 bits per heavy atom. The van der Waals surface area contributed by atoms with Crippen molar-refractivity contribution in [2.24, 2.45) is 0 Å². The largest absolute Gasteiger partial charge is 0.336 e. The Balaban J connectivity index is 1.79. The standard InChI is InChI=1S/C23H17Cl2N3O3/c1-13-11-15(14(2)27(13)16-7-4-3-5-8-16)12-17-21(29)26-23(31)28(22(17)30)19-10-6-9-18(24)20(19)25/h3-12H,1-2H3,(H,26,29,31)/b17-12+. The lowest BCUT2D eigenvalue weighted by atomic mass is 10.1. The Hall–Kier alpha value is -3.35. The zero-order valence-electron chi connectivity index (χ0n) is 16.6. The molecule has 1 aliphatic heterocycles. The first-order chi connectivity index (χ1) is 14.8. The minimum Gasteiger partial charge on any atom is -0.318 e. The number of barbiturate groups is 1. The van der Waals surface area contributed by atoms with Crippen LogP contribution in [0, 0.1) is 13.8 Å². The Morgan fingerprint density at radius 1 is 0.935 bits per heavy atom. The molecule has 8 heteroatoms. The van der Waals surface area contributed by atoms with Gasteiger partial charge in [0.15, 0.2) is 0 Å². The van der Waals surface area contributed by atoms with Crippen LogP contribution in [0.3, 0.4) is 0 Å². The molecule has 0 spiro atoms. The van der Waals surface area contributed by atoms with Crippen LogP contribution in [0.15, 0.2) is 60.2 Å². The number of benzene rings is 2. The number of para-hydroxylation sites is 1. The molecule has 2 heterocycles. The van der Waals surface area contributed by atoms with Gasteiger partial charge in [-0.15, -0.1) is 0 Å². The predicted molar refractivity (Wildman–Crippen MR) is 121 cm³/mol. The average Bonchev–Trinajstić information content (AvgIpc) is 3.02. The van der Waals surface area contributed by atoms with Crippen LogP contribution in [0.1, 0.15) is 17.0 Å². The van der Waals surface area contributed by atoms with E-state index in [2.05, 4.69) is 5.32 Å². The van der Waals surface area contributed by atoms with Crippen LogP contribution in [0.2, 0.25) is 10.0 Å². The lowest BCUT2D eigenvalue weighted by molar-refractivity contribution is -0.122. The average molecular weight is 454 g/mol. The summed E-state index contributed by atoms with van der Waals surface area (Å²) in [7, 11) is 0. The summed E-state index contributed by atoms with van der Waals surface area (Å²) in [5, 5.41) is 2.43. The molecule has 1 aliphatic rings. The number of aromatic nitrogens is 1. The molecule has 1 N–H and O–H groups in total. The maximum absolute atomic E-state index is 13.2. The van der Waals surface area contributed by atoms with Gasteiger partial charge in [0.05, 0.1) is 15.7 Å². The highest BCUT2D eigenvalue weighted by atomic mass is 35.5.